The van der Waals surface area contributed by atoms with E-state index in [9.17, 15) is 9.59 Å². The van der Waals surface area contributed by atoms with E-state index >= 15 is 0 Å². The number of carbonyl (C=O) groups is 2. The average molecular weight is 414 g/mol. The SMILES string of the molecule is Cc1c(NCC(=O)NCCOc2ccccc2)cccc1C(=O)N1CCSCC1. The Labute approximate surface area is 176 Å². The van der Waals surface area contributed by atoms with Gasteiger partial charge in [0, 0.05) is 35.8 Å². The molecule has 7 heteroatoms. The van der Waals surface area contributed by atoms with Crippen LogP contribution in [0, 0.1) is 6.92 Å². The van der Waals surface area contributed by atoms with E-state index < -0.39 is 0 Å². The molecule has 0 unspecified atom stereocenters. The molecule has 1 aliphatic rings. The first kappa shape index (κ1) is 21.0. The van der Waals surface area contributed by atoms with Gasteiger partial charge in [0.2, 0.25) is 5.91 Å². The van der Waals surface area contributed by atoms with Gasteiger partial charge in [-0.15, -0.1) is 0 Å². The van der Waals surface area contributed by atoms with Crippen molar-refractivity contribution in [3.05, 3.63) is 59.7 Å². The van der Waals surface area contributed by atoms with Gasteiger partial charge in [0.05, 0.1) is 13.1 Å². The lowest BCUT2D eigenvalue weighted by atomic mass is 10.1. The number of anilines is 1. The van der Waals surface area contributed by atoms with Gasteiger partial charge in [-0.25, -0.2) is 0 Å². The predicted molar refractivity (Wildman–Crippen MR) is 118 cm³/mol. The number of para-hydroxylation sites is 1. The second kappa shape index (κ2) is 10.8. The van der Waals surface area contributed by atoms with Crippen LogP contribution in [0.25, 0.3) is 0 Å². The minimum absolute atomic E-state index is 0.0639. The topological polar surface area (TPSA) is 70.7 Å². The lowest BCUT2D eigenvalue weighted by Gasteiger charge is -2.27. The third-order valence-corrected chi connectivity index (χ3v) is 5.68. The van der Waals surface area contributed by atoms with Crippen LogP contribution in [0.1, 0.15) is 15.9 Å². The number of carbonyl (C=O) groups excluding carboxylic acids is 2. The average Bonchev–Trinajstić information content (AvgIpc) is 2.77. The predicted octanol–water partition coefficient (Wildman–Crippen LogP) is 2.79. The molecule has 0 atom stereocenters. The summed E-state index contributed by atoms with van der Waals surface area (Å²) < 4.78 is 5.56. The standard InChI is InChI=1S/C22H27N3O3S/c1-17-19(22(27)25-11-14-29-15-12-25)8-5-9-20(17)24-16-21(26)23-10-13-28-18-6-3-2-4-7-18/h2-9,24H,10-16H2,1H3,(H,23,26). The van der Waals surface area contributed by atoms with Crippen molar-refractivity contribution in [1.82, 2.24) is 10.2 Å². The van der Waals surface area contributed by atoms with Crippen molar-refractivity contribution in [3.8, 4) is 5.75 Å². The largest absolute Gasteiger partial charge is 0.492 e. The molecule has 29 heavy (non-hydrogen) atoms. The quantitative estimate of drug-likeness (QED) is 0.652. The summed E-state index contributed by atoms with van der Waals surface area (Å²) in [4.78, 5) is 26.8. The Morgan fingerprint density at radius 1 is 1.07 bits per heavy atom. The normalized spacial score (nSPS) is 13.6. The minimum Gasteiger partial charge on any atom is -0.492 e. The summed E-state index contributed by atoms with van der Waals surface area (Å²) in [7, 11) is 0. The molecule has 0 aliphatic carbocycles. The van der Waals surface area contributed by atoms with E-state index in [1.807, 2.05) is 72.1 Å². The van der Waals surface area contributed by atoms with Crippen LogP contribution in [0.3, 0.4) is 0 Å². The Bertz CT molecular complexity index is 823. The third-order valence-electron chi connectivity index (χ3n) is 4.74. The van der Waals surface area contributed by atoms with Crippen LogP contribution in [0.4, 0.5) is 5.69 Å². The molecule has 0 saturated carbocycles. The molecule has 2 aromatic carbocycles. The molecule has 0 radical (unpaired) electrons. The number of nitrogens with zero attached hydrogens (tertiary/aromatic N) is 1. The van der Waals surface area contributed by atoms with E-state index in [2.05, 4.69) is 10.6 Å². The summed E-state index contributed by atoms with van der Waals surface area (Å²) in [6.45, 7) is 4.47. The van der Waals surface area contributed by atoms with Crippen molar-refractivity contribution < 1.29 is 14.3 Å². The van der Waals surface area contributed by atoms with Crippen LogP contribution in [-0.2, 0) is 4.79 Å². The van der Waals surface area contributed by atoms with E-state index in [0.717, 1.165) is 41.6 Å². The van der Waals surface area contributed by atoms with Crippen molar-refractivity contribution in [1.29, 1.82) is 0 Å². The first-order chi connectivity index (χ1) is 14.1. The van der Waals surface area contributed by atoms with Crippen LogP contribution < -0.4 is 15.4 Å². The Morgan fingerprint density at radius 2 is 1.83 bits per heavy atom. The van der Waals surface area contributed by atoms with Crippen molar-refractivity contribution in [2.75, 3.05) is 49.6 Å². The zero-order valence-corrected chi connectivity index (χ0v) is 17.5. The number of hydrogen-bond donors (Lipinski definition) is 2. The third kappa shape index (κ3) is 6.15. The number of benzene rings is 2. The summed E-state index contributed by atoms with van der Waals surface area (Å²) in [6, 6.07) is 15.1. The van der Waals surface area contributed by atoms with Gasteiger partial charge in [-0.1, -0.05) is 24.3 Å². The van der Waals surface area contributed by atoms with Crippen molar-refractivity contribution in [2.24, 2.45) is 0 Å². The molecule has 0 bridgehead atoms. The molecule has 1 heterocycles. The van der Waals surface area contributed by atoms with Crippen LogP contribution in [0.15, 0.2) is 48.5 Å². The molecule has 154 valence electrons. The molecule has 3 rings (SSSR count). The second-order valence-electron chi connectivity index (χ2n) is 6.75. The number of amides is 2. The maximum Gasteiger partial charge on any atom is 0.254 e. The van der Waals surface area contributed by atoms with Crippen molar-refractivity contribution in [3.63, 3.8) is 0 Å². The fourth-order valence-electron chi connectivity index (χ4n) is 3.11. The van der Waals surface area contributed by atoms with Crippen LogP contribution in [0.5, 0.6) is 5.75 Å². The summed E-state index contributed by atoms with van der Waals surface area (Å²) >= 11 is 1.88. The highest BCUT2D eigenvalue weighted by Crippen LogP contribution is 2.21. The molecule has 2 N–H and O–H groups in total. The Kier molecular flexibility index (Phi) is 7.81. The van der Waals surface area contributed by atoms with Gasteiger partial charge in [0.1, 0.15) is 12.4 Å². The van der Waals surface area contributed by atoms with Crippen LogP contribution in [0.2, 0.25) is 0 Å². The maximum atomic E-state index is 12.8. The van der Waals surface area contributed by atoms with Gasteiger partial charge in [0.25, 0.3) is 5.91 Å². The van der Waals surface area contributed by atoms with Crippen molar-refractivity contribution in [2.45, 2.75) is 6.92 Å². The molecule has 2 aromatic rings. The first-order valence-electron chi connectivity index (χ1n) is 9.80. The Morgan fingerprint density at radius 3 is 2.59 bits per heavy atom. The fraction of sp³-hybridized carbons (Fsp3) is 0.364. The lowest BCUT2D eigenvalue weighted by Crippen LogP contribution is -2.38. The lowest BCUT2D eigenvalue weighted by molar-refractivity contribution is -0.119. The van der Waals surface area contributed by atoms with E-state index in [0.29, 0.717) is 18.7 Å². The molecule has 1 aliphatic heterocycles. The van der Waals surface area contributed by atoms with E-state index in [-0.39, 0.29) is 18.4 Å². The highest BCUT2D eigenvalue weighted by atomic mass is 32.2. The second-order valence-corrected chi connectivity index (χ2v) is 7.97. The summed E-state index contributed by atoms with van der Waals surface area (Å²) in [5.74, 6) is 2.69. The highest BCUT2D eigenvalue weighted by molar-refractivity contribution is 7.99. The summed E-state index contributed by atoms with van der Waals surface area (Å²) in [5, 5.41) is 5.97. The molecule has 1 fully saturated rings. The van der Waals surface area contributed by atoms with E-state index in [4.69, 9.17) is 4.74 Å². The number of hydrogen-bond acceptors (Lipinski definition) is 5. The highest BCUT2D eigenvalue weighted by Gasteiger charge is 2.20. The van der Waals surface area contributed by atoms with E-state index in [1.165, 1.54) is 0 Å². The number of rotatable bonds is 8. The van der Waals surface area contributed by atoms with Gasteiger partial charge in [-0.2, -0.15) is 11.8 Å². The zero-order chi connectivity index (χ0) is 20.5. The Balaban J connectivity index is 1.46. The molecular formula is C22H27N3O3S. The van der Waals surface area contributed by atoms with Gasteiger partial charge in [-0.3, -0.25) is 9.59 Å². The molecule has 2 amide bonds. The van der Waals surface area contributed by atoms with Gasteiger partial charge >= 0.3 is 0 Å². The monoisotopic (exact) mass is 413 g/mol. The molecule has 1 saturated heterocycles. The van der Waals surface area contributed by atoms with Crippen LogP contribution in [-0.4, -0.2) is 61.0 Å². The number of nitrogens with one attached hydrogen (secondary N) is 2. The number of thioether (sulfide) groups is 1. The molecular weight excluding hydrogens is 386 g/mol. The zero-order valence-electron chi connectivity index (χ0n) is 16.6. The first-order valence-corrected chi connectivity index (χ1v) is 11.0. The van der Waals surface area contributed by atoms with Crippen LogP contribution >= 0.6 is 11.8 Å². The summed E-state index contributed by atoms with van der Waals surface area (Å²) in [5.41, 5.74) is 2.37. The van der Waals surface area contributed by atoms with E-state index in [1.54, 1.807) is 0 Å². The number of ether oxygens (including phenoxy) is 1. The Hall–Kier alpha value is -2.67. The van der Waals surface area contributed by atoms with Gasteiger partial charge in [0.15, 0.2) is 0 Å². The summed E-state index contributed by atoms with van der Waals surface area (Å²) in [6.07, 6.45) is 0. The van der Waals surface area contributed by atoms with Crippen molar-refractivity contribution >= 4 is 29.3 Å². The van der Waals surface area contributed by atoms with Gasteiger partial charge in [-0.05, 0) is 36.8 Å². The molecule has 0 spiro atoms. The van der Waals surface area contributed by atoms with Gasteiger partial charge < -0.3 is 20.3 Å². The molecule has 0 aromatic heterocycles. The maximum absolute atomic E-state index is 12.8. The fourth-order valence-corrected chi connectivity index (χ4v) is 4.01. The smallest absolute Gasteiger partial charge is 0.254 e. The molecule has 6 nitrogen and oxygen atoms in total. The minimum atomic E-state index is -0.120.